The van der Waals surface area contributed by atoms with Crippen molar-refractivity contribution in [1.82, 2.24) is 20.4 Å². The molecule has 128 valence electrons. The van der Waals surface area contributed by atoms with E-state index in [1.807, 2.05) is 19.1 Å². The standard InChI is InChI=1S/C19H26N4O/c1-3-16-12-17(22-21-16)18(24)20-14-19(2)10-7-11-23(19)13-15-8-5-4-6-9-15/h4-6,8-9,12H,3,7,10-11,13-14H2,1-2H3,(H,20,24)(H,21,22). The van der Waals surface area contributed by atoms with E-state index in [1.54, 1.807) is 0 Å². The summed E-state index contributed by atoms with van der Waals surface area (Å²) in [6.07, 6.45) is 3.12. The topological polar surface area (TPSA) is 61.0 Å². The third kappa shape index (κ3) is 3.67. The van der Waals surface area contributed by atoms with Crippen molar-refractivity contribution in [3.8, 4) is 0 Å². The first-order valence-electron chi connectivity index (χ1n) is 8.72. The smallest absolute Gasteiger partial charge is 0.271 e. The molecule has 24 heavy (non-hydrogen) atoms. The molecule has 1 aliphatic heterocycles. The number of likely N-dealkylation sites (tertiary alicyclic amines) is 1. The van der Waals surface area contributed by atoms with Gasteiger partial charge in [-0.15, -0.1) is 0 Å². The number of carbonyl (C=O) groups is 1. The number of H-pyrrole nitrogens is 1. The van der Waals surface area contributed by atoms with Gasteiger partial charge in [0, 0.05) is 24.3 Å². The zero-order valence-electron chi connectivity index (χ0n) is 14.5. The van der Waals surface area contributed by atoms with Gasteiger partial charge in [0.05, 0.1) is 0 Å². The van der Waals surface area contributed by atoms with Crippen LogP contribution in [0.1, 0.15) is 48.4 Å². The van der Waals surface area contributed by atoms with Crippen LogP contribution in [0.5, 0.6) is 0 Å². The van der Waals surface area contributed by atoms with E-state index < -0.39 is 0 Å². The molecule has 5 nitrogen and oxygen atoms in total. The van der Waals surface area contributed by atoms with E-state index in [0.29, 0.717) is 12.2 Å². The summed E-state index contributed by atoms with van der Waals surface area (Å²) in [6, 6.07) is 12.3. The summed E-state index contributed by atoms with van der Waals surface area (Å²) in [4.78, 5) is 14.8. The fourth-order valence-corrected chi connectivity index (χ4v) is 3.37. The summed E-state index contributed by atoms with van der Waals surface area (Å²) in [5.41, 5.74) is 2.77. The zero-order valence-corrected chi connectivity index (χ0v) is 14.5. The number of benzene rings is 1. The van der Waals surface area contributed by atoms with Crippen molar-refractivity contribution in [2.24, 2.45) is 0 Å². The number of hydrogen-bond donors (Lipinski definition) is 2. The van der Waals surface area contributed by atoms with E-state index in [2.05, 4.69) is 51.6 Å². The minimum absolute atomic E-state index is 0.00457. The van der Waals surface area contributed by atoms with Crippen LogP contribution >= 0.6 is 0 Å². The fourth-order valence-electron chi connectivity index (χ4n) is 3.37. The van der Waals surface area contributed by atoms with E-state index in [0.717, 1.165) is 31.6 Å². The summed E-state index contributed by atoms with van der Waals surface area (Å²) in [5, 5.41) is 10.1. The molecule has 1 aliphatic rings. The Morgan fingerprint density at radius 1 is 1.38 bits per heavy atom. The lowest BCUT2D eigenvalue weighted by atomic mass is 9.98. The lowest BCUT2D eigenvalue weighted by Crippen LogP contribution is -2.49. The average Bonchev–Trinajstić information content (AvgIpc) is 3.22. The van der Waals surface area contributed by atoms with E-state index >= 15 is 0 Å². The predicted octanol–water partition coefficient (Wildman–Crippen LogP) is 2.76. The lowest BCUT2D eigenvalue weighted by molar-refractivity contribution is 0.0892. The Bertz CT molecular complexity index is 682. The Hall–Kier alpha value is -2.14. The zero-order chi connectivity index (χ0) is 17.0. The molecule has 2 aromatic rings. The summed E-state index contributed by atoms with van der Waals surface area (Å²) in [6.45, 7) is 6.92. The highest BCUT2D eigenvalue weighted by molar-refractivity contribution is 5.92. The highest BCUT2D eigenvalue weighted by Crippen LogP contribution is 2.30. The molecule has 5 heteroatoms. The van der Waals surface area contributed by atoms with Crippen molar-refractivity contribution in [3.05, 3.63) is 53.3 Å². The molecule has 0 spiro atoms. The maximum atomic E-state index is 12.3. The summed E-state index contributed by atoms with van der Waals surface area (Å²) >= 11 is 0. The van der Waals surface area contributed by atoms with Gasteiger partial charge in [0.2, 0.25) is 0 Å². The first-order valence-corrected chi connectivity index (χ1v) is 8.72. The van der Waals surface area contributed by atoms with E-state index in [-0.39, 0.29) is 11.4 Å². The first kappa shape index (κ1) is 16.7. The molecule has 1 fully saturated rings. The molecule has 1 atom stereocenters. The van der Waals surface area contributed by atoms with Gasteiger partial charge in [-0.25, -0.2) is 0 Å². The monoisotopic (exact) mass is 326 g/mol. The molecular weight excluding hydrogens is 300 g/mol. The van der Waals surface area contributed by atoms with Crippen LogP contribution in [-0.2, 0) is 13.0 Å². The van der Waals surface area contributed by atoms with Crippen LogP contribution in [0.2, 0.25) is 0 Å². The van der Waals surface area contributed by atoms with E-state index in [1.165, 1.54) is 12.0 Å². The second kappa shape index (κ2) is 7.18. The third-order valence-electron chi connectivity index (χ3n) is 5.00. The Morgan fingerprint density at radius 3 is 2.88 bits per heavy atom. The minimum Gasteiger partial charge on any atom is -0.349 e. The van der Waals surface area contributed by atoms with Crippen molar-refractivity contribution in [2.45, 2.75) is 45.2 Å². The number of aromatic amines is 1. The average molecular weight is 326 g/mol. The first-order chi connectivity index (χ1) is 11.6. The van der Waals surface area contributed by atoms with Gasteiger partial charge < -0.3 is 5.32 Å². The molecule has 0 aliphatic carbocycles. The van der Waals surface area contributed by atoms with Gasteiger partial charge in [0.1, 0.15) is 5.69 Å². The van der Waals surface area contributed by atoms with Gasteiger partial charge in [-0.3, -0.25) is 14.8 Å². The van der Waals surface area contributed by atoms with E-state index in [9.17, 15) is 4.79 Å². The van der Waals surface area contributed by atoms with Crippen molar-refractivity contribution in [1.29, 1.82) is 0 Å². The maximum absolute atomic E-state index is 12.3. The van der Waals surface area contributed by atoms with Crippen molar-refractivity contribution >= 4 is 5.91 Å². The number of carbonyl (C=O) groups excluding carboxylic acids is 1. The Morgan fingerprint density at radius 2 is 2.17 bits per heavy atom. The fraction of sp³-hybridized carbons (Fsp3) is 0.474. The molecule has 1 aromatic carbocycles. The normalized spacial score (nSPS) is 21.1. The molecule has 1 saturated heterocycles. The molecule has 3 rings (SSSR count). The molecule has 1 unspecified atom stereocenters. The Balaban J connectivity index is 1.61. The number of amides is 1. The SMILES string of the molecule is CCc1cc(C(=O)NCC2(C)CCCN2Cc2ccccc2)n[nH]1. The molecule has 1 amide bonds. The number of hydrogen-bond acceptors (Lipinski definition) is 3. The quantitative estimate of drug-likeness (QED) is 0.858. The van der Waals surface area contributed by atoms with Crippen LogP contribution in [-0.4, -0.2) is 39.6 Å². The lowest BCUT2D eigenvalue weighted by Gasteiger charge is -2.35. The number of nitrogens with zero attached hydrogens (tertiary/aromatic N) is 2. The van der Waals surface area contributed by atoms with Crippen LogP contribution < -0.4 is 5.32 Å². The second-order valence-corrected chi connectivity index (χ2v) is 6.82. The van der Waals surface area contributed by atoms with Crippen molar-refractivity contribution < 1.29 is 4.79 Å². The maximum Gasteiger partial charge on any atom is 0.271 e. The predicted molar refractivity (Wildman–Crippen MR) is 94.8 cm³/mol. The number of nitrogens with one attached hydrogen (secondary N) is 2. The summed E-state index contributed by atoms with van der Waals surface area (Å²) in [7, 11) is 0. The van der Waals surface area contributed by atoms with Gasteiger partial charge in [-0.05, 0) is 44.4 Å². The van der Waals surface area contributed by atoms with Crippen LogP contribution in [0.15, 0.2) is 36.4 Å². The highest BCUT2D eigenvalue weighted by atomic mass is 16.1. The van der Waals surface area contributed by atoms with Crippen LogP contribution in [0.25, 0.3) is 0 Å². The largest absolute Gasteiger partial charge is 0.349 e. The molecule has 2 heterocycles. The third-order valence-corrected chi connectivity index (χ3v) is 5.00. The molecule has 2 N–H and O–H groups in total. The van der Waals surface area contributed by atoms with Crippen molar-refractivity contribution in [2.75, 3.05) is 13.1 Å². The molecular formula is C19H26N4O. The van der Waals surface area contributed by atoms with Gasteiger partial charge in [0.15, 0.2) is 0 Å². The summed E-state index contributed by atoms with van der Waals surface area (Å²) < 4.78 is 0. The molecule has 0 radical (unpaired) electrons. The Labute approximate surface area is 143 Å². The molecule has 0 bridgehead atoms. The van der Waals surface area contributed by atoms with E-state index in [4.69, 9.17) is 0 Å². The molecule has 0 saturated carbocycles. The summed E-state index contributed by atoms with van der Waals surface area (Å²) in [5.74, 6) is -0.0984. The number of aromatic nitrogens is 2. The van der Waals surface area contributed by atoms with Crippen LogP contribution in [0.3, 0.4) is 0 Å². The van der Waals surface area contributed by atoms with Gasteiger partial charge in [-0.1, -0.05) is 37.3 Å². The van der Waals surface area contributed by atoms with Gasteiger partial charge in [0.25, 0.3) is 5.91 Å². The molecule has 1 aromatic heterocycles. The van der Waals surface area contributed by atoms with Crippen LogP contribution in [0.4, 0.5) is 0 Å². The highest BCUT2D eigenvalue weighted by Gasteiger charge is 2.36. The Kier molecular flexibility index (Phi) is 5.00. The van der Waals surface area contributed by atoms with Gasteiger partial charge in [-0.2, -0.15) is 5.10 Å². The van der Waals surface area contributed by atoms with Gasteiger partial charge >= 0.3 is 0 Å². The second-order valence-electron chi connectivity index (χ2n) is 6.82. The number of aryl methyl sites for hydroxylation is 1. The van der Waals surface area contributed by atoms with Crippen LogP contribution in [0, 0.1) is 0 Å². The minimum atomic E-state index is -0.0984. The van der Waals surface area contributed by atoms with Crippen molar-refractivity contribution in [3.63, 3.8) is 0 Å². The number of rotatable bonds is 6.